The summed E-state index contributed by atoms with van der Waals surface area (Å²) in [6.07, 6.45) is 9.70. The van der Waals surface area contributed by atoms with Crippen LogP contribution in [-0.2, 0) is 6.54 Å². The van der Waals surface area contributed by atoms with Crippen LogP contribution < -0.4 is 10.6 Å². The molecule has 1 atom stereocenters. The molecule has 8 nitrogen and oxygen atoms in total. The Morgan fingerprint density at radius 2 is 2.08 bits per heavy atom. The predicted molar refractivity (Wildman–Crippen MR) is 90.9 cm³/mol. The fourth-order valence-electron chi connectivity index (χ4n) is 3.26. The number of rotatable bonds is 4. The molecule has 0 amide bonds. The highest BCUT2D eigenvalue weighted by Gasteiger charge is 2.27. The number of nitrogens with two attached hydrogens (primary N) is 1. The van der Waals surface area contributed by atoms with Crippen LogP contribution in [-0.4, -0.2) is 41.9 Å². The first-order valence-electron chi connectivity index (χ1n) is 8.09. The van der Waals surface area contributed by atoms with Crippen molar-refractivity contribution >= 4 is 11.8 Å². The summed E-state index contributed by atoms with van der Waals surface area (Å²) in [6, 6.07) is 4.18. The van der Waals surface area contributed by atoms with Crippen molar-refractivity contribution in [1.29, 1.82) is 0 Å². The van der Waals surface area contributed by atoms with Crippen LogP contribution in [0.4, 0.5) is 11.8 Å². The molecule has 0 aromatic carbocycles. The minimum Gasteiger partial charge on any atom is -0.368 e. The van der Waals surface area contributed by atoms with E-state index in [0.717, 1.165) is 37.6 Å². The summed E-state index contributed by atoms with van der Waals surface area (Å²) < 4.78 is 3.88. The highest BCUT2D eigenvalue weighted by molar-refractivity contribution is 5.49. The van der Waals surface area contributed by atoms with Gasteiger partial charge in [-0.1, -0.05) is 0 Å². The molecule has 24 heavy (non-hydrogen) atoms. The number of hydrogen-bond donors (Lipinski definition) is 1. The van der Waals surface area contributed by atoms with Crippen LogP contribution in [0.5, 0.6) is 0 Å². The number of hydrogen-bond acceptors (Lipinski definition) is 6. The third-order valence-corrected chi connectivity index (χ3v) is 4.46. The smallest absolute Gasteiger partial charge is 0.224 e. The minimum absolute atomic E-state index is 0.266. The first-order valence-corrected chi connectivity index (χ1v) is 8.09. The molecule has 0 radical (unpaired) electrons. The van der Waals surface area contributed by atoms with Crippen molar-refractivity contribution in [2.75, 3.05) is 17.2 Å². The highest BCUT2D eigenvalue weighted by Crippen LogP contribution is 2.26. The molecule has 0 bridgehead atoms. The van der Waals surface area contributed by atoms with Crippen molar-refractivity contribution in [2.24, 2.45) is 0 Å². The van der Waals surface area contributed by atoms with Gasteiger partial charge in [-0.3, -0.25) is 0 Å². The Morgan fingerprint density at radius 1 is 1.21 bits per heavy atom. The van der Waals surface area contributed by atoms with Crippen LogP contribution >= 0.6 is 0 Å². The van der Waals surface area contributed by atoms with Gasteiger partial charge in [0.1, 0.15) is 11.6 Å². The van der Waals surface area contributed by atoms with Gasteiger partial charge < -0.3 is 15.2 Å². The van der Waals surface area contributed by atoms with Gasteiger partial charge in [0.15, 0.2) is 5.82 Å². The van der Waals surface area contributed by atoms with Gasteiger partial charge in [0.25, 0.3) is 0 Å². The lowest BCUT2D eigenvalue weighted by Crippen LogP contribution is -2.34. The summed E-state index contributed by atoms with van der Waals surface area (Å²) in [4.78, 5) is 15.4. The number of nitrogens with zero attached hydrogens (tertiary/aromatic N) is 7. The maximum Gasteiger partial charge on any atom is 0.224 e. The van der Waals surface area contributed by atoms with Crippen LogP contribution in [0.1, 0.15) is 18.7 Å². The summed E-state index contributed by atoms with van der Waals surface area (Å²) in [7, 11) is 0. The Morgan fingerprint density at radius 3 is 2.83 bits per heavy atom. The summed E-state index contributed by atoms with van der Waals surface area (Å²) in [6.45, 7) is 3.89. The maximum atomic E-state index is 5.93. The van der Waals surface area contributed by atoms with Gasteiger partial charge in [0.2, 0.25) is 5.95 Å². The van der Waals surface area contributed by atoms with Crippen molar-refractivity contribution < 1.29 is 0 Å². The lowest BCUT2D eigenvalue weighted by molar-refractivity contribution is 0.538. The summed E-state index contributed by atoms with van der Waals surface area (Å²) in [5.74, 6) is 2.84. The van der Waals surface area contributed by atoms with Gasteiger partial charge in [-0.25, -0.2) is 9.67 Å². The van der Waals surface area contributed by atoms with Crippen LogP contribution in [0, 0.1) is 6.92 Å². The fourth-order valence-corrected chi connectivity index (χ4v) is 3.26. The molecule has 1 aliphatic heterocycles. The van der Waals surface area contributed by atoms with Crippen molar-refractivity contribution in [3.05, 3.63) is 42.7 Å². The largest absolute Gasteiger partial charge is 0.368 e. The Hall–Kier alpha value is -2.90. The molecule has 0 saturated carbocycles. The van der Waals surface area contributed by atoms with E-state index >= 15 is 0 Å². The van der Waals surface area contributed by atoms with Gasteiger partial charge in [-0.15, -0.1) is 0 Å². The van der Waals surface area contributed by atoms with Crippen molar-refractivity contribution in [1.82, 2.24) is 29.3 Å². The third kappa shape index (κ3) is 2.70. The van der Waals surface area contributed by atoms with E-state index in [9.17, 15) is 0 Å². The number of nitrogen functional groups attached to an aromatic ring is 1. The van der Waals surface area contributed by atoms with E-state index in [1.807, 2.05) is 37.6 Å². The van der Waals surface area contributed by atoms with E-state index in [1.165, 1.54) is 0 Å². The third-order valence-electron chi connectivity index (χ3n) is 4.46. The van der Waals surface area contributed by atoms with E-state index in [1.54, 1.807) is 10.9 Å². The number of anilines is 2. The average molecular weight is 324 g/mol. The number of aryl methyl sites for hydroxylation is 1. The van der Waals surface area contributed by atoms with Crippen LogP contribution in [0.15, 0.2) is 36.9 Å². The quantitative estimate of drug-likeness (QED) is 0.780. The van der Waals surface area contributed by atoms with Gasteiger partial charge in [0, 0.05) is 50.0 Å². The molecule has 1 aliphatic rings. The topological polar surface area (TPSA) is 90.7 Å². The number of imidazole rings is 1. The molecule has 4 heterocycles. The first kappa shape index (κ1) is 14.7. The lowest BCUT2D eigenvalue weighted by atomic mass is 10.2. The van der Waals surface area contributed by atoms with Crippen molar-refractivity contribution in [3.8, 4) is 5.82 Å². The molecule has 124 valence electrons. The number of aromatic nitrogens is 6. The Labute approximate surface area is 140 Å². The monoisotopic (exact) mass is 324 g/mol. The molecule has 0 unspecified atom stereocenters. The molecule has 0 aliphatic carbocycles. The summed E-state index contributed by atoms with van der Waals surface area (Å²) in [5, 5.41) is 4.23. The Kier molecular flexibility index (Phi) is 3.64. The second kappa shape index (κ2) is 5.95. The predicted octanol–water partition coefficient (Wildman–Crippen LogP) is 1.42. The van der Waals surface area contributed by atoms with Gasteiger partial charge in [-0.2, -0.15) is 15.1 Å². The van der Waals surface area contributed by atoms with Crippen LogP contribution in [0.3, 0.4) is 0 Å². The zero-order valence-electron chi connectivity index (χ0n) is 13.6. The molecule has 3 aromatic rings. The molecule has 1 fully saturated rings. The zero-order chi connectivity index (χ0) is 16.5. The summed E-state index contributed by atoms with van der Waals surface area (Å²) >= 11 is 0. The molecule has 8 heteroatoms. The van der Waals surface area contributed by atoms with E-state index in [2.05, 4.69) is 29.5 Å². The standard InChI is InChI=1S/C16H20N8/c1-12-18-6-9-22(12)11-13-4-2-7-23(13)14-10-15(21-16(17)20-14)24-8-3-5-19-24/h3,5-6,8-10,13H,2,4,7,11H2,1H3,(H2,17,20,21)/t13-/m1/s1. The molecule has 4 rings (SSSR count). The molecular formula is C16H20N8. The van der Waals surface area contributed by atoms with E-state index in [-0.39, 0.29) is 5.95 Å². The summed E-state index contributed by atoms with van der Waals surface area (Å²) in [5.41, 5.74) is 5.93. The Bertz CT molecular complexity index is 822. The SMILES string of the molecule is Cc1nccn1C[C@H]1CCCN1c1cc(-n2cccn2)nc(N)n1. The maximum absolute atomic E-state index is 5.93. The van der Waals surface area contributed by atoms with Gasteiger partial charge in [-0.05, 0) is 25.8 Å². The Balaban J connectivity index is 1.63. The van der Waals surface area contributed by atoms with Crippen LogP contribution in [0.2, 0.25) is 0 Å². The zero-order valence-corrected chi connectivity index (χ0v) is 13.6. The van der Waals surface area contributed by atoms with E-state index in [4.69, 9.17) is 5.73 Å². The van der Waals surface area contributed by atoms with Crippen molar-refractivity contribution in [3.63, 3.8) is 0 Å². The van der Waals surface area contributed by atoms with E-state index < -0.39 is 0 Å². The minimum atomic E-state index is 0.266. The second-order valence-electron chi connectivity index (χ2n) is 6.01. The molecular weight excluding hydrogens is 304 g/mol. The second-order valence-corrected chi connectivity index (χ2v) is 6.01. The fraction of sp³-hybridized carbons (Fsp3) is 0.375. The molecule has 0 spiro atoms. The van der Waals surface area contributed by atoms with Gasteiger partial charge in [0.05, 0.1) is 0 Å². The normalized spacial score (nSPS) is 17.5. The molecule has 2 N–H and O–H groups in total. The van der Waals surface area contributed by atoms with E-state index in [0.29, 0.717) is 11.9 Å². The van der Waals surface area contributed by atoms with Gasteiger partial charge >= 0.3 is 0 Å². The van der Waals surface area contributed by atoms with Crippen LogP contribution in [0.25, 0.3) is 5.82 Å². The van der Waals surface area contributed by atoms with Crippen molar-refractivity contribution in [2.45, 2.75) is 32.4 Å². The lowest BCUT2D eigenvalue weighted by Gasteiger charge is -2.26. The highest BCUT2D eigenvalue weighted by atomic mass is 15.3. The molecule has 1 saturated heterocycles. The average Bonchev–Trinajstić information content (AvgIpc) is 3.30. The first-order chi connectivity index (χ1) is 11.7. The molecule has 3 aromatic heterocycles.